The molecule has 2 rings (SSSR count). The average Bonchev–Trinajstić information content (AvgIpc) is 2.97. The van der Waals surface area contributed by atoms with E-state index >= 15 is 0 Å². The Bertz CT molecular complexity index is 814. The molecule has 4 N–H and O–H groups in total. The first-order valence-electron chi connectivity index (χ1n) is 6.06. The van der Waals surface area contributed by atoms with Crippen molar-refractivity contribution in [3.05, 3.63) is 51.7 Å². The van der Waals surface area contributed by atoms with Crippen molar-refractivity contribution >= 4 is 33.2 Å². The second-order valence-corrected chi connectivity index (χ2v) is 6.89. The Morgan fingerprint density at radius 1 is 1.14 bits per heavy atom. The Labute approximate surface area is 131 Å². The topological polar surface area (TPSA) is 118 Å². The van der Waals surface area contributed by atoms with E-state index in [1.165, 1.54) is 23.5 Å². The smallest absolute Gasteiger partial charge is 0.267 e. The van der Waals surface area contributed by atoms with Gasteiger partial charge < -0.3 is 0 Å². The first-order chi connectivity index (χ1) is 10.3. The molecule has 0 saturated carbocycles. The predicted molar refractivity (Wildman–Crippen MR) is 81.8 cm³/mol. The van der Waals surface area contributed by atoms with E-state index in [1.807, 2.05) is 0 Å². The molecule has 2 aromatic rings. The summed E-state index contributed by atoms with van der Waals surface area (Å²) < 4.78 is 22.9. The quantitative estimate of drug-likeness (QED) is 0.716. The molecule has 7 nitrogen and oxygen atoms in total. The highest BCUT2D eigenvalue weighted by Crippen LogP contribution is 2.15. The molecule has 0 aliphatic carbocycles. The minimum Gasteiger partial charge on any atom is -0.267 e. The lowest BCUT2D eigenvalue weighted by Gasteiger charge is -2.09. The van der Waals surface area contributed by atoms with Gasteiger partial charge in [-0.05, 0) is 36.1 Å². The Balaban J connectivity index is 2.12. The fourth-order valence-corrected chi connectivity index (χ4v) is 3.13. The van der Waals surface area contributed by atoms with Crippen LogP contribution in [-0.2, 0) is 10.0 Å². The third kappa shape index (κ3) is 3.70. The maximum absolute atomic E-state index is 12.0. The minimum atomic E-state index is -3.92. The van der Waals surface area contributed by atoms with E-state index in [1.54, 1.807) is 24.4 Å². The second-order valence-electron chi connectivity index (χ2n) is 4.41. The first-order valence-corrected chi connectivity index (χ1v) is 8.49. The highest BCUT2D eigenvalue weighted by molar-refractivity contribution is 7.89. The van der Waals surface area contributed by atoms with Gasteiger partial charge in [0, 0.05) is 5.56 Å². The van der Waals surface area contributed by atoms with Crippen molar-refractivity contribution < 1.29 is 18.0 Å². The van der Waals surface area contributed by atoms with Crippen LogP contribution in [0.3, 0.4) is 0 Å². The molecule has 0 saturated heterocycles. The second kappa shape index (κ2) is 6.26. The van der Waals surface area contributed by atoms with Crippen LogP contribution in [0.1, 0.15) is 25.6 Å². The summed E-state index contributed by atoms with van der Waals surface area (Å²) >= 11 is 1.23. The molecule has 0 radical (unpaired) electrons. The maximum atomic E-state index is 12.0. The van der Waals surface area contributed by atoms with E-state index in [9.17, 15) is 18.0 Å². The van der Waals surface area contributed by atoms with Crippen LogP contribution in [0.15, 0.2) is 40.6 Å². The van der Waals surface area contributed by atoms with Gasteiger partial charge in [-0.2, -0.15) is 0 Å². The SMILES string of the molecule is Cc1ccc(C(=O)NNC(=O)c2cccs2)cc1S(N)(=O)=O. The van der Waals surface area contributed by atoms with Crippen LogP contribution >= 0.6 is 11.3 Å². The zero-order chi connectivity index (χ0) is 16.3. The fourth-order valence-electron chi connectivity index (χ4n) is 1.70. The summed E-state index contributed by atoms with van der Waals surface area (Å²) in [5.74, 6) is -1.10. The molecule has 1 aromatic heterocycles. The van der Waals surface area contributed by atoms with Gasteiger partial charge in [0.1, 0.15) is 0 Å². The van der Waals surface area contributed by atoms with E-state index in [-0.39, 0.29) is 10.5 Å². The molecular formula is C13H13N3O4S2. The van der Waals surface area contributed by atoms with E-state index in [4.69, 9.17) is 5.14 Å². The minimum absolute atomic E-state index is 0.0705. The number of nitrogens with one attached hydrogen (secondary N) is 2. The molecule has 2 amide bonds. The normalized spacial score (nSPS) is 11.0. The molecule has 116 valence electrons. The number of thiophene rings is 1. The number of sulfonamides is 1. The first kappa shape index (κ1) is 16.1. The molecule has 0 spiro atoms. The van der Waals surface area contributed by atoms with Gasteiger partial charge in [-0.1, -0.05) is 12.1 Å². The number of amides is 2. The van der Waals surface area contributed by atoms with Crippen LogP contribution in [0.5, 0.6) is 0 Å². The molecule has 0 unspecified atom stereocenters. The van der Waals surface area contributed by atoms with Crippen LogP contribution < -0.4 is 16.0 Å². The highest BCUT2D eigenvalue weighted by atomic mass is 32.2. The third-order valence-electron chi connectivity index (χ3n) is 2.79. The number of benzene rings is 1. The summed E-state index contributed by atoms with van der Waals surface area (Å²) in [5.41, 5.74) is 4.97. The zero-order valence-electron chi connectivity index (χ0n) is 11.5. The van der Waals surface area contributed by atoms with E-state index in [0.717, 1.165) is 6.07 Å². The molecule has 22 heavy (non-hydrogen) atoms. The Kier molecular flexibility index (Phi) is 4.59. The van der Waals surface area contributed by atoms with Crippen LogP contribution in [-0.4, -0.2) is 20.2 Å². The summed E-state index contributed by atoms with van der Waals surface area (Å²) in [6.45, 7) is 1.57. The molecular weight excluding hydrogens is 326 g/mol. The van der Waals surface area contributed by atoms with Crippen molar-refractivity contribution in [3.8, 4) is 0 Å². The van der Waals surface area contributed by atoms with Crippen LogP contribution in [0.2, 0.25) is 0 Å². The number of rotatable bonds is 3. The highest BCUT2D eigenvalue weighted by Gasteiger charge is 2.16. The molecule has 0 aliphatic rings. The van der Waals surface area contributed by atoms with Gasteiger partial charge in [0.2, 0.25) is 10.0 Å². The summed E-state index contributed by atoms with van der Waals surface area (Å²) in [6, 6.07) is 7.39. The van der Waals surface area contributed by atoms with Crippen LogP contribution in [0.25, 0.3) is 0 Å². The number of carbonyl (C=O) groups is 2. The Morgan fingerprint density at radius 2 is 1.82 bits per heavy atom. The standard InChI is InChI=1S/C13H13N3O4S2/c1-8-4-5-9(7-11(8)22(14,19)20)12(17)15-16-13(18)10-3-2-6-21-10/h2-7H,1H3,(H,15,17)(H,16,18)(H2,14,19,20). The third-order valence-corrected chi connectivity index (χ3v) is 4.71. The number of hydrogen-bond acceptors (Lipinski definition) is 5. The number of hydrogen-bond donors (Lipinski definition) is 3. The number of primary sulfonamides is 1. The average molecular weight is 339 g/mol. The summed E-state index contributed by atoms with van der Waals surface area (Å²) in [4.78, 5) is 23.9. The monoisotopic (exact) mass is 339 g/mol. The van der Waals surface area contributed by atoms with Crippen LogP contribution in [0, 0.1) is 6.92 Å². The van der Waals surface area contributed by atoms with Gasteiger partial charge in [0.05, 0.1) is 9.77 Å². The van der Waals surface area contributed by atoms with Gasteiger partial charge in [0.15, 0.2) is 0 Å². The molecule has 1 aromatic carbocycles. The molecule has 0 aliphatic heterocycles. The molecule has 9 heteroatoms. The van der Waals surface area contributed by atoms with Gasteiger partial charge in [-0.15, -0.1) is 11.3 Å². The van der Waals surface area contributed by atoms with Crippen molar-refractivity contribution in [3.63, 3.8) is 0 Å². The fraction of sp³-hybridized carbons (Fsp3) is 0.0769. The maximum Gasteiger partial charge on any atom is 0.279 e. The summed E-state index contributed by atoms with van der Waals surface area (Å²) in [7, 11) is -3.92. The van der Waals surface area contributed by atoms with E-state index in [2.05, 4.69) is 10.9 Å². The van der Waals surface area contributed by atoms with Crippen molar-refractivity contribution in [1.82, 2.24) is 10.9 Å². The number of aryl methyl sites for hydroxylation is 1. The predicted octanol–water partition coefficient (Wildman–Crippen LogP) is 0.779. The van der Waals surface area contributed by atoms with Crippen LogP contribution in [0.4, 0.5) is 0 Å². The number of carbonyl (C=O) groups excluding carboxylic acids is 2. The van der Waals surface area contributed by atoms with Gasteiger partial charge in [0.25, 0.3) is 11.8 Å². The lowest BCUT2D eigenvalue weighted by molar-refractivity contribution is 0.0848. The molecule has 0 fully saturated rings. The summed E-state index contributed by atoms with van der Waals surface area (Å²) in [5, 5.41) is 6.82. The van der Waals surface area contributed by atoms with Crippen molar-refractivity contribution in [2.24, 2.45) is 5.14 Å². The summed E-state index contributed by atoms with van der Waals surface area (Å²) in [6.07, 6.45) is 0. The van der Waals surface area contributed by atoms with Crippen molar-refractivity contribution in [2.75, 3.05) is 0 Å². The molecule has 1 heterocycles. The Hall–Kier alpha value is -2.23. The van der Waals surface area contributed by atoms with Crippen molar-refractivity contribution in [1.29, 1.82) is 0 Å². The van der Waals surface area contributed by atoms with E-state index in [0.29, 0.717) is 10.4 Å². The zero-order valence-corrected chi connectivity index (χ0v) is 13.1. The lowest BCUT2D eigenvalue weighted by atomic mass is 10.1. The lowest BCUT2D eigenvalue weighted by Crippen LogP contribution is -2.41. The number of hydrazine groups is 1. The van der Waals surface area contributed by atoms with Gasteiger partial charge >= 0.3 is 0 Å². The van der Waals surface area contributed by atoms with Gasteiger partial charge in [-0.3, -0.25) is 20.4 Å². The number of nitrogens with two attached hydrogens (primary N) is 1. The largest absolute Gasteiger partial charge is 0.279 e. The molecule has 0 atom stereocenters. The van der Waals surface area contributed by atoms with Gasteiger partial charge in [-0.25, -0.2) is 13.6 Å². The van der Waals surface area contributed by atoms with Crippen molar-refractivity contribution in [2.45, 2.75) is 11.8 Å². The molecule has 0 bridgehead atoms. The Morgan fingerprint density at radius 3 is 2.41 bits per heavy atom. The van der Waals surface area contributed by atoms with E-state index < -0.39 is 21.8 Å².